The van der Waals surface area contributed by atoms with Crippen molar-refractivity contribution in [3.8, 4) is 5.75 Å². The first-order valence-electron chi connectivity index (χ1n) is 7.62. The topological polar surface area (TPSA) is 107 Å². The molecule has 1 fully saturated rings. The number of hydrogen-bond donors (Lipinski definition) is 3. The average Bonchev–Trinajstić information content (AvgIpc) is 2.50. The maximum absolute atomic E-state index is 11.9. The highest BCUT2D eigenvalue weighted by molar-refractivity contribution is 5.93. The molecule has 1 aliphatic carbocycles. The van der Waals surface area contributed by atoms with Crippen LogP contribution in [0.3, 0.4) is 0 Å². The second-order valence-electron chi connectivity index (χ2n) is 5.67. The number of hydrogen-bond acceptors (Lipinski definition) is 4. The second-order valence-corrected chi connectivity index (χ2v) is 5.67. The highest BCUT2D eigenvalue weighted by atomic mass is 35.5. The van der Waals surface area contributed by atoms with Gasteiger partial charge in [0.1, 0.15) is 5.75 Å². The lowest BCUT2D eigenvalue weighted by Gasteiger charge is -2.26. The molecular formula is C16H24ClN3O3. The van der Waals surface area contributed by atoms with Gasteiger partial charge in [-0.05, 0) is 43.9 Å². The van der Waals surface area contributed by atoms with Crippen LogP contribution in [-0.2, 0) is 4.79 Å². The van der Waals surface area contributed by atoms with Gasteiger partial charge in [-0.25, -0.2) is 0 Å². The zero-order valence-electron chi connectivity index (χ0n) is 13.0. The lowest BCUT2D eigenvalue weighted by Crippen LogP contribution is -2.40. The van der Waals surface area contributed by atoms with Crippen molar-refractivity contribution >= 4 is 24.2 Å². The first-order chi connectivity index (χ1) is 10.5. The number of carbonyl (C=O) groups is 2. The quantitative estimate of drug-likeness (QED) is 0.726. The molecular weight excluding hydrogens is 318 g/mol. The molecule has 2 amide bonds. The van der Waals surface area contributed by atoms with Crippen LogP contribution in [-0.4, -0.2) is 30.5 Å². The minimum absolute atomic E-state index is 0. The van der Waals surface area contributed by atoms with Crippen LogP contribution in [0.25, 0.3) is 0 Å². The van der Waals surface area contributed by atoms with Crippen LogP contribution in [0.2, 0.25) is 0 Å². The smallest absolute Gasteiger partial charge is 0.248 e. The van der Waals surface area contributed by atoms with Crippen molar-refractivity contribution in [2.45, 2.75) is 44.2 Å². The Kier molecular flexibility index (Phi) is 7.85. The van der Waals surface area contributed by atoms with Gasteiger partial charge in [0.05, 0.1) is 13.0 Å². The number of carbonyl (C=O) groups excluding carboxylic acids is 2. The van der Waals surface area contributed by atoms with Gasteiger partial charge in [-0.1, -0.05) is 6.07 Å². The maximum atomic E-state index is 11.9. The summed E-state index contributed by atoms with van der Waals surface area (Å²) in [6.45, 7) is 0.264. The predicted molar refractivity (Wildman–Crippen MR) is 90.7 cm³/mol. The molecule has 0 spiro atoms. The molecule has 1 aliphatic rings. The molecule has 0 unspecified atom stereocenters. The van der Waals surface area contributed by atoms with Crippen molar-refractivity contribution in [2.75, 3.05) is 6.61 Å². The first-order valence-corrected chi connectivity index (χ1v) is 7.62. The van der Waals surface area contributed by atoms with Gasteiger partial charge >= 0.3 is 0 Å². The Bertz CT molecular complexity index is 531. The lowest BCUT2D eigenvalue weighted by atomic mass is 9.92. The Hall–Kier alpha value is -1.79. The number of nitrogens with two attached hydrogens (primary N) is 2. The van der Waals surface area contributed by atoms with E-state index in [2.05, 4.69) is 5.32 Å². The van der Waals surface area contributed by atoms with E-state index in [0.29, 0.717) is 11.3 Å². The van der Waals surface area contributed by atoms with Gasteiger partial charge < -0.3 is 21.5 Å². The molecule has 7 heteroatoms. The highest BCUT2D eigenvalue weighted by Crippen LogP contribution is 2.17. The SMILES string of the molecule is Cl.NC(=O)c1cccc(OCCC(=O)NC2CCC(N)CC2)c1. The van der Waals surface area contributed by atoms with E-state index >= 15 is 0 Å². The third-order valence-corrected chi connectivity index (χ3v) is 3.85. The van der Waals surface area contributed by atoms with Gasteiger partial charge in [0.25, 0.3) is 0 Å². The van der Waals surface area contributed by atoms with Crippen molar-refractivity contribution in [1.82, 2.24) is 5.32 Å². The van der Waals surface area contributed by atoms with E-state index in [4.69, 9.17) is 16.2 Å². The zero-order chi connectivity index (χ0) is 15.9. The highest BCUT2D eigenvalue weighted by Gasteiger charge is 2.19. The average molecular weight is 342 g/mol. The van der Waals surface area contributed by atoms with Crippen molar-refractivity contribution in [3.63, 3.8) is 0 Å². The Labute approximate surface area is 142 Å². The third kappa shape index (κ3) is 6.46. The largest absolute Gasteiger partial charge is 0.493 e. The summed E-state index contributed by atoms with van der Waals surface area (Å²) >= 11 is 0. The van der Waals surface area contributed by atoms with Crippen LogP contribution in [0, 0.1) is 0 Å². The van der Waals surface area contributed by atoms with Crippen molar-refractivity contribution < 1.29 is 14.3 Å². The summed E-state index contributed by atoms with van der Waals surface area (Å²) in [5.41, 5.74) is 11.4. The first kappa shape index (κ1) is 19.3. The number of benzene rings is 1. The normalized spacial score (nSPS) is 20.2. The summed E-state index contributed by atoms with van der Waals surface area (Å²) in [6, 6.07) is 7.12. The van der Waals surface area contributed by atoms with E-state index in [0.717, 1.165) is 25.7 Å². The Morgan fingerprint density at radius 2 is 1.91 bits per heavy atom. The Morgan fingerprint density at radius 1 is 1.22 bits per heavy atom. The number of nitrogens with one attached hydrogen (secondary N) is 1. The van der Waals surface area contributed by atoms with E-state index in [9.17, 15) is 9.59 Å². The molecule has 0 saturated heterocycles. The summed E-state index contributed by atoms with van der Waals surface area (Å²) in [5.74, 6) is 0.0120. The molecule has 128 valence electrons. The van der Waals surface area contributed by atoms with Crippen LogP contribution in [0.15, 0.2) is 24.3 Å². The molecule has 0 aliphatic heterocycles. The van der Waals surface area contributed by atoms with E-state index in [-0.39, 0.29) is 43.4 Å². The van der Waals surface area contributed by atoms with E-state index in [1.165, 1.54) is 0 Å². The second kappa shape index (κ2) is 9.37. The van der Waals surface area contributed by atoms with E-state index in [1.807, 2.05) is 0 Å². The van der Waals surface area contributed by atoms with Gasteiger partial charge in [0.2, 0.25) is 11.8 Å². The fourth-order valence-corrected chi connectivity index (χ4v) is 2.56. The van der Waals surface area contributed by atoms with Crippen LogP contribution < -0.4 is 21.5 Å². The van der Waals surface area contributed by atoms with E-state index < -0.39 is 5.91 Å². The molecule has 6 nitrogen and oxygen atoms in total. The van der Waals surface area contributed by atoms with Crippen LogP contribution in [0.5, 0.6) is 5.75 Å². The number of ether oxygens (including phenoxy) is 1. The molecule has 0 bridgehead atoms. The van der Waals surface area contributed by atoms with Crippen LogP contribution >= 0.6 is 12.4 Å². The lowest BCUT2D eigenvalue weighted by molar-refractivity contribution is -0.122. The van der Waals surface area contributed by atoms with E-state index in [1.54, 1.807) is 24.3 Å². The van der Waals surface area contributed by atoms with Crippen LogP contribution in [0.1, 0.15) is 42.5 Å². The number of rotatable bonds is 6. The molecule has 0 heterocycles. The minimum Gasteiger partial charge on any atom is -0.493 e. The molecule has 23 heavy (non-hydrogen) atoms. The monoisotopic (exact) mass is 341 g/mol. The summed E-state index contributed by atoms with van der Waals surface area (Å²) in [6.07, 6.45) is 4.08. The van der Waals surface area contributed by atoms with Crippen molar-refractivity contribution in [2.24, 2.45) is 11.5 Å². The third-order valence-electron chi connectivity index (χ3n) is 3.85. The minimum atomic E-state index is -0.501. The standard InChI is InChI=1S/C16H23N3O3.ClH/c17-12-4-6-13(7-5-12)19-15(20)8-9-22-14-3-1-2-11(10-14)16(18)21;/h1-3,10,12-13H,4-9,17H2,(H2,18,21)(H,19,20);1H. The van der Waals surface area contributed by atoms with Gasteiger partial charge in [-0.3, -0.25) is 9.59 Å². The summed E-state index contributed by atoms with van der Waals surface area (Å²) in [5, 5.41) is 3.01. The summed E-state index contributed by atoms with van der Waals surface area (Å²) < 4.78 is 5.49. The molecule has 1 aromatic carbocycles. The van der Waals surface area contributed by atoms with Crippen LogP contribution in [0.4, 0.5) is 0 Å². The van der Waals surface area contributed by atoms with Crippen molar-refractivity contribution in [1.29, 1.82) is 0 Å². The summed E-state index contributed by atoms with van der Waals surface area (Å²) in [4.78, 5) is 22.9. The zero-order valence-corrected chi connectivity index (χ0v) is 13.8. The Balaban J connectivity index is 0.00000264. The maximum Gasteiger partial charge on any atom is 0.248 e. The van der Waals surface area contributed by atoms with Crippen molar-refractivity contribution in [3.05, 3.63) is 29.8 Å². The molecule has 0 aromatic heterocycles. The molecule has 0 atom stereocenters. The fraction of sp³-hybridized carbons (Fsp3) is 0.500. The predicted octanol–water partition coefficient (Wildman–Crippen LogP) is 1.36. The molecule has 0 radical (unpaired) electrons. The molecule has 1 saturated carbocycles. The van der Waals surface area contributed by atoms with Gasteiger partial charge in [0.15, 0.2) is 0 Å². The number of primary amides is 1. The summed E-state index contributed by atoms with van der Waals surface area (Å²) in [7, 11) is 0. The Morgan fingerprint density at radius 3 is 2.57 bits per heavy atom. The van der Waals surface area contributed by atoms with Gasteiger partial charge in [-0.2, -0.15) is 0 Å². The number of halogens is 1. The fourth-order valence-electron chi connectivity index (χ4n) is 2.56. The van der Waals surface area contributed by atoms with Gasteiger partial charge in [0, 0.05) is 17.6 Å². The number of amides is 2. The van der Waals surface area contributed by atoms with Gasteiger partial charge in [-0.15, -0.1) is 12.4 Å². The molecule has 1 aromatic rings. The molecule has 5 N–H and O–H groups in total. The molecule has 2 rings (SSSR count).